The van der Waals surface area contributed by atoms with Crippen molar-refractivity contribution in [3.63, 3.8) is 0 Å². The van der Waals surface area contributed by atoms with E-state index in [-0.39, 0.29) is 12.4 Å². The van der Waals surface area contributed by atoms with Crippen LogP contribution in [0.15, 0.2) is 0 Å². The SMILES string of the molecule is Cl.ClCCN(CCCl)C1CCCCC1. The maximum Gasteiger partial charge on any atom is 0.0351 e. The van der Waals surface area contributed by atoms with Crippen LogP contribution in [0.3, 0.4) is 0 Å². The van der Waals surface area contributed by atoms with Gasteiger partial charge in [-0.25, -0.2) is 0 Å². The van der Waals surface area contributed by atoms with Crippen LogP contribution in [0.1, 0.15) is 32.1 Å². The summed E-state index contributed by atoms with van der Waals surface area (Å²) >= 11 is 11.5. The highest BCUT2D eigenvalue weighted by Crippen LogP contribution is 2.22. The van der Waals surface area contributed by atoms with Crippen LogP contribution in [0.5, 0.6) is 0 Å². The molecule has 14 heavy (non-hydrogen) atoms. The lowest BCUT2D eigenvalue weighted by molar-refractivity contribution is 0.174. The molecule has 0 aromatic rings. The van der Waals surface area contributed by atoms with Crippen LogP contribution in [-0.4, -0.2) is 35.8 Å². The first-order valence-electron chi connectivity index (χ1n) is 5.24. The maximum atomic E-state index is 5.77. The lowest BCUT2D eigenvalue weighted by Gasteiger charge is -2.33. The molecular formula is C10H20Cl3N. The molecule has 0 spiro atoms. The molecule has 0 aliphatic heterocycles. The lowest BCUT2D eigenvalue weighted by atomic mass is 9.94. The molecule has 0 aromatic carbocycles. The third-order valence-corrected chi connectivity index (χ3v) is 3.17. The van der Waals surface area contributed by atoms with E-state index in [9.17, 15) is 0 Å². The van der Waals surface area contributed by atoms with Crippen molar-refractivity contribution in [2.24, 2.45) is 0 Å². The molecule has 86 valence electrons. The molecule has 0 unspecified atom stereocenters. The van der Waals surface area contributed by atoms with Gasteiger partial charge in [-0.2, -0.15) is 0 Å². The first-order valence-corrected chi connectivity index (χ1v) is 6.31. The minimum absolute atomic E-state index is 0. The van der Waals surface area contributed by atoms with Gasteiger partial charge in [-0.05, 0) is 12.8 Å². The molecule has 0 aromatic heterocycles. The van der Waals surface area contributed by atoms with E-state index in [1.54, 1.807) is 0 Å². The summed E-state index contributed by atoms with van der Waals surface area (Å²) < 4.78 is 0. The highest BCUT2D eigenvalue weighted by Gasteiger charge is 2.19. The zero-order valence-electron chi connectivity index (χ0n) is 8.55. The van der Waals surface area contributed by atoms with Crippen molar-refractivity contribution in [2.45, 2.75) is 38.1 Å². The molecule has 0 radical (unpaired) electrons. The van der Waals surface area contributed by atoms with Crippen LogP contribution >= 0.6 is 35.6 Å². The quantitative estimate of drug-likeness (QED) is 0.684. The minimum atomic E-state index is 0. The summed E-state index contributed by atoms with van der Waals surface area (Å²) in [6, 6.07) is 0.756. The Morgan fingerprint density at radius 2 is 1.43 bits per heavy atom. The summed E-state index contributed by atoms with van der Waals surface area (Å²) in [6.07, 6.45) is 6.85. The van der Waals surface area contributed by atoms with Gasteiger partial charge in [0.15, 0.2) is 0 Å². The Balaban J connectivity index is 0.00000169. The fourth-order valence-corrected chi connectivity index (χ4v) is 2.57. The predicted octanol–water partition coefficient (Wildman–Crippen LogP) is 3.52. The molecule has 0 atom stereocenters. The van der Waals surface area contributed by atoms with E-state index >= 15 is 0 Å². The van der Waals surface area contributed by atoms with E-state index in [0.717, 1.165) is 30.9 Å². The van der Waals surface area contributed by atoms with Crippen molar-refractivity contribution in [3.8, 4) is 0 Å². The van der Waals surface area contributed by atoms with Crippen molar-refractivity contribution < 1.29 is 0 Å². The van der Waals surface area contributed by atoms with E-state index in [1.165, 1.54) is 32.1 Å². The fraction of sp³-hybridized carbons (Fsp3) is 1.00. The van der Waals surface area contributed by atoms with E-state index in [2.05, 4.69) is 4.90 Å². The highest BCUT2D eigenvalue weighted by molar-refractivity contribution is 6.18. The van der Waals surface area contributed by atoms with Crippen molar-refractivity contribution in [3.05, 3.63) is 0 Å². The normalized spacial score (nSPS) is 18.2. The molecule has 1 aliphatic rings. The topological polar surface area (TPSA) is 3.24 Å². The molecule has 1 rings (SSSR count). The molecule has 0 N–H and O–H groups in total. The Morgan fingerprint density at radius 3 is 1.86 bits per heavy atom. The molecule has 0 bridgehead atoms. The molecular weight excluding hydrogens is 240 g/mol. The fourth-order valence-electron chi connectivity index (χ4n) is 2.14. The van der Waals surface area contributed by atoms with Gasteiger partial charge in [0.25, 0.3) is 0 Å². The van der Waals surface area contributed by atoms with E-state index < -0.39 is 0 Å². The summed E-state index contributed by atoms with van der Waals surface area (Å²) in [4.78, 5) is 2.46. The Bertz CT molecular complexity index is 121. The van der Waals surface area contributed by atoms with Crippen molar-refractivity contribution in [1.82, 2.24) is 4.90 Å². The average Bonchev–Trinajstić information content (AvgIpc) is 2.19. The van der Waals surface area contributed by atoms with Gasteiger partial charge in [-0.15, -0.1) is 35.6 Å². The summed E-state index contributed by atoms with van der Waals surface area (Å²) in [7, 11) is 0. The largest absolute Gasteiger partial charge is 0.298 e. The van der Waals surface area contributed by atoms with Crippen LogP contribution in [0.4, 0.5) is 0 Å². The molecule has 1 saturated carbocycles. The molecule has 0 heterocycles. The van der Waals surface area contributed by atoms with Crippen LogP contribution in [-0.2, 0) is 0 Å². The smallest absolute Gasteiger partial charge is 0.0351 e. The minimum Gasteiger partial charge on any atom is -0.298 e. The monoisotopic (exact) mass is 259 g/mol. The van der Waals surface area contributed by atoms with E-state index in [1.807, 2.05) is 0 Å². The van der Waals surface area contributed by atoms with Gasteiger partial charge in [0, 0.05) is 30.9 Å². The standard InChI is InChI=1S/C10H19Cl2N.ClH/c11-6-8-13(9-7-12)10-4-2-1-3-5-10;/h10H,1-9H2;1H. The third-order valence-electron chi connectivity index (χ3n) is 2.83. The Hall–Kier alpha value is 0.830. The number of rotatable bonds is 5. The molecule has 1 nitrogen and oxygen atoms in total. The Labute approximate surface area is 104 Å². The van der Waals surface area contributed by atoms with Gasteiger partial charge in [0.1, 0.15) is 0 Å². The molecule has 0 amide bonds. The Morgan fingerprint density at radius 1 is 0.929 bits per heavy atom. The maximum absolute atomic E-state index is 5.77. The molecule has 4 heteroatoms. The lowest BCUT2D eigenvalue weighted by Crippen LogP contribution is -2.39. The van der Waals surface area contributed by atoms with E-state index in [0.29, 0.717) is 0 Å². The van der Waals surface area contributed by atoms with Gasteiger partial charge in [-0.3, -0.25) is 4.90 Å². The number of halogens is 3. The van der Waals surface area contributed by atoms with Gasteiger partial charge in [-0.1, -0.05) is 19.3 Å². The van der Waals surface area contributed by atoms with Gasteiger partial charge >= 0.3 is 0 Å². The predicted molar refractivity (Wildman–Crippen MR) is 67.1 cm³/mol. The van der Waals surface area contributed by atoms with Crippen molar-refractivity contribution in [2.75, 3.05) is 24.8 Å². The zero-order valence-corrected chi connectivity index (χ0v) is 10.9. The molecule has 0 saturated heterocycles. The van der Waals surface area contributed by atoms with Crippen LogP contribution in [0.25, 0.3) is 0 Å². The first-order chi connectivity index (χ1) is 6.38. The van der Waals surface area contributed by atoms with Gasteiger partial charge in [0.05, 0.1) is 0 Å². The number of hydrogen-bond acceptors (Lipinski definition) is 1. The van der Waals surface area contributed by atoms with Crippen LogP contribution < -0.4 is 0 Å². The van der Waals surface area contributed by atoms with Crippen LogP contribution in [0.2, 0.25) is 0 Å². The highest BCUT2D eigenvalue weighted by atomic mass is 35.5. The Kier molecular flexibility index (Phi) is 9.62. The summed E-state index contributed by atoms with van der Waals surface area (Å²) in [5, 5.41) is 0. The number of nitrogens with zero attached hydrogens (tertiary/aromatic N) is 1. The van der Waals surface area contributed by atoms with Crippen molar-refractivity contribution >= 4 is 35.6 Å². The summed E-state index contributed by atoms with van der Waals surface area (Å²) in [6.45, 7) is 2.00. The number of hydrogen-bond donors (Lipinski definition) is 0. The second-order valence-corrected chi connectivity index (χ2v) is 4.46. The number of alkyl halides is 2. The van der Waals surface area contributed by atoms with Gasteiger partial charge < -0.3 is 0 Å². The third kappa shape index (κ3) is 5.06. The molecule has 1 aliphatic carbocycles. The first kappa shape index (κ1) is 14.8. The summed E-state index contributed by atoms with van der Waals surface area (Å²) in [5.41, 5.74) is 0. The van der Waals surface area contributed by atoms with Crippen LogP contribution in [0, 0.1) is 0 Å². The van der Waals surface area contributed by atoms with E-state index in [4.69, 9.17) is 23.2 Å². The average molecular weight is 261 g/mol. The van der Waals surface area contributed by atoms with Crippen molar-refractivity contribution in [1.29, 1.82) is 0 Å². The summed E-state index contributed by atoms with van der Waals surface area (Å²) in [5.74, 6) is 1.46. The van der Waals surface area contributed by atoms with Gasteiger partial charge in [0.2, 0.25) is 0 Å². The second-order valence-electron chi connectivity index (χ2n) is 3.71. The second kappa shape index (κ2) is 9.08. The zero-order chi connectivity index (χ0) is 9.52. The molecule has 1 fully saturated rings.